The lowest BCUT2D eigenvalue weighted by Gasteiger charge is -2.34. The average Bonchev–Trinajstić information content (AvgIpc) is 2.74. The number of piperidine rings is 2. The number of rotatable bonds is 5. The predicted molar refractivity (Wildman–Crippen MR) is 108 cm³/mol. The van der Waals surface area contributed by atoms with Crippen LogP contribution >= 0.6 is 0 Å². The smallest absolute Gasteiger partial charge is 0.355 e. The van der Waals surface area contributed by atoms with Crippen molar-refractivity contribution in [2.45, 2.75) is 51.2 Å². The molecule has 0 aliphatic carbocycles. The van der Waals surface area contributed by atoms with Gasteiger partial charge in [0.25, 0.3) is 5.91 Å². The van der Waals surface area contributed by atoms with Crippen LogP contribution in [0.25, 0.3) is 0 Å². The summed E-state index contributed by atoms with van der Waals surface area (Å²) in [6, 6.07) is 4.85. The maximum Gasteiger partial charge on any atom is 0.416 e. The Balaban J connectivity index is 1.42. The first-order valence-electron chi connectivity index (χ1n) is 10.7. The third kappa shape index (κ3) is 5.74. The molecule has 1 unspecified atom stereocenters. The summed E-state index contributed by atoms with van der Waals surface area (Å²) >= 11 is 0. The second-order valence-corrected chi connectivity index (χ2v) is 8.31. The maximum atomic E-state index is 12.7. The van der Waals surface area contributed by atoms with Gasteiger partial charge in [0.2, 0.25) is 5.91 Å². The van der Waals surface area contributed by atoms with Gasteiger partial charge in [-0.15, -0.1) is 0 Å². The number of carbonyl (C=O) groups is 2. The predicted octanol–water partition coefficient (Wildman–Crippen LogP) is 3.55. The van der Waals surface area contributed by atoms with Gasteiger partial charge in [-0.1, -0.05) is 6.42 Å². The van der Waals surface area contributed by atoms with Crippen LogP contribution in [0, 0.1) is 5.92 Å². The van der Waals surface area contributed by atoms with Crippen LogP contribution in [-0.2, 0) is 11.0 Å². The van der Waals surface area contributed by atoms with E-state index >= 15 is 0 Å². The zero-order chi connectivity index (χ0) is 21.7. The Morgan fingerprint density at radius 3 is 2.30 bits per heavy atom. The Morgan fingerprint density at radius 1 is 1.03 bits per heavy atom. The molecule has 166 valence electrons. The molecule has 8 heteroatoms. The number of carbonyl (C=O) groups excluding carboxylic acids is 2. The number of benzene rings is 1. The van der Waals surface area contributed by atoms with E-state index in [2.05, 4.69) is 17.1 Å². The molecule has 0 radical (unpaired) electrons. The molecule has 1 aromatic rings. The molecule has 2 amide bonds. The monoisotopic (exact) mass is 425 g/mol. The molecule has 2 heterocycles. The minimum Gasteiger partial charge on any atom is -0.355 e. The Hall–Kier alpha value is -2.09. The number of hydrogen-bond acceptors (Lipinski definition) is 3. The van der Waals surface area contributed by atoms with E-state index in [4.69, 9.17) is 0 Å². The van der Waals surface area contributed by atoms with E-state index in [1.807, 2.05) is 0 Å². The number of amides is 2. The normalized spacial score (nSPS) is 21.5. The molecular weight excluding hydrogens is 395 g/mol. The SMILES string of the molecule is CC1CCCCN1CCNC(=O)C1CCN(C(=O)c2ccc(C(F)(F)F)cc2)CC1. The van der Waals surface area contributed by atoms with Crippen LogP contribution in [0.1, 0.15) is 54.9 Å². The number of nitrogens with zero attached hydrogens (tertiary/aromatic N) is 2. The van der Waals surface area contributed by atoms with Crippen LogP contribution in [0.5, 0.6) is 0 Å². The maximum absolute atomic E-state index is 12.7. The van der Waals surface area contributed by atoms with E-state index in [1.54, 1.807) is 4.90 Å². The van der Waals surface area contributed by atoms with E-state index in [-0.39, 0.29) is 23.3 Å². The van der Waals surface area contributed by atoms with Crippen molar-refractivity contribution in [3.63, 3.8) is 0 Å². The van der Waals surface area contributed by atoms with Gasteiger partial charge in [0.05, 0.1) is 5.56 Å². The number of likely N-dealkylation sites (tertiary alicyclic amines) is 2. The van der Waals surface area contributed by atoms with Gasteiger partial charge in [-0.05, 0) is 63.4 Å². The summed E-state index contributed by atoms with van der Waals surface area (Å²) in [5, 5.41) is 3.03. The number of nitrogens with one attached hydrogen (secondary N) is 1. The highest BCUT2D eigenvalue weighted by Crippen LogP contribution is 2.29. The van der Waals surface area contributed by atoms with Crippen LogP contribution in [0.4, 0.5) is 13.2 Å². The van der Waals surface area contributed by atoms with Gasteiger partial charge in [-0.2, -0.15) is 13.2 Å². The van der Waals surface area contributed by atoms with E-state index in [9.17, 15) is 22.8 Å². The lowest BCUT2D eigenvalue weighted by Crippen LogP contribution is -2.46. The molecule has 1 atom stereocenters. The summed E-state index contributed by atoms with van der Waals surface area (Å²) in [6.45, 7) is 5.67. The van der Waals surface area contributed by atoms with Crippen LogP contribution in [0.3, 0.4) is 0 Å². The van der Waals surface area contributed by atoms with Crippen LogP contribution in [0.15, 0.2) is 24.3 Å². The summed E-state index contributed by atoms with van der Waals surface area (Å²) in [7, 11) is 0. The quantitative estimate of drug-likeness (QED) is 0.785. The fourth-order valence-corrected chi connectivity index (χ4v) is 4.29. The first-order valence-corrected chi connectivity index (χ1v) is 10.7. The van der Waals surface area contributed by atoms with Crippen LogP contribution in [0.2, 0.25) is 0 Å². The molecule has 0 aromatic heterocycles. The molecule has 2 aliphatic rings. The molecule has 2 saturated heterocycles. The first kappa shape index (κ1) is 22.6. The molecule has 2 fully saturated rings. The number of halogens is 3. The van der Waals surface area contributed by atoms with Gasteiger partial charge in [-0.3, -0.25) is 14.5 Å². The lowest BCUT2D eigenvalue weighted by molar-refractivity contribution is -0.137. The Morgan fingerprint density at radius 2 is 1.70 bits per heavy atom. The zero-order valence-electron chi connectivity index (χ0n) is 17.4. The van der Waals surface area contributed by atoms with Gasteiger partial charge < -0.3 is 10.2 Å². The summed E-state index contributed by atoms with van der Waals surface area (Å²) in [5.41, 5.74) is -0.532. The van der Waals surface area contributed by atoms with Crippen molar-refractivity contribution in [3.8, 4) is 0 Å². The van der Waals surface area contributed by atoms with E-state index in [0.717, 1.165) is 25.2 Å². The first-order chi connectivity index (χ1) is 14.3. The Labute approximate surface area is 175 Å². The minimum atomic E-state index is -4.42. The summed E-state index contributed by atoms with van der Waals surface area (Å²) < 4.78 is 38.0. The minimum absolute atomic E-state index is 0.0290. The average molecular weight is 425 g/mol. The van der Waals surface area contributed by atoms with Crippen molar-refractivity contribution in [1.29, 1.82) is 0 Å². The zero-order valence-corrected chi connectivity index (χ0v) is 17.4. The highest BCUT2D eigenvalue weighted by Gasteiger charge is 2.31. The molecule has 5 nitrogen and oxygen atoms in total. The van der Waals surface area contributed by atoms with Gasteiger partial charge >= 0.3 is 6.18 Å². The number of alkyl halides is 3. The topological polar surface area (TPSA) is 52.7 Å². The molecule has 0 spiro atoms. The summed E-state index contributed by atoms with van der Waals surface area (Å²) in [4.78, 5) is 29.0. The molecule has 3 rings (SSSR count). The van der Waals surface area contributed by atoms with Crippen molar-refractivity contribution in [2.24, 2.45) is 5.92 Å². The van der Waals surface area contributed by atoms with Crippen LogP contribution in [-0.4, -0.2) is 60.4 Å². The van der Waals surface area contributed by atoms with Crippen molar-refractivity contribution in [1.82, 2.24) is 15.1 Å². The fraction of sp³-hybridized carbons (Fsp3) is 0.636. The molecular formula is C22H30F3N3O2. The molecule has 1 aromatic carbocycles. The van der Waals surface area contributed by atoms with Gasteiger partial charge in [0.1, 0.15) is 0 Å². The second-order valence-electron chi connectivity index (χ2n) is 8.31. The summed E-state index contributed by atoms with van der Waals surface area (Å²) in [5.74, 6) is -0.386. The molecule has 0 saturated carbocycles. The molecule has 2 aliphatic heterocycles. The third-order valence-electron chi connectivity index (χ3n) is 6.25. The Kier molecular flexibility index (Phi) is 7.39. The largest absolute Gasteiger partial charge is 0.416 e. The highest BCUT2D eigenvalue weighted by molar-refractivity contribution is 5.94. The second kappa shape index (κ2) is 9.81. The van der Waals surface area contributed by atoms with Crippen molar-refractivity contribution in [2.75, 3.05) is 32.7 Å². The molecule has 30 heavy (non-hydrogen) atoms. The molecule has 0 bridgehead atoms. The van der Waals surface area contributed by atoms with Gasteiger partial charge in [-0.25, -0.2) is 0 Å². The lowest BCUT2D eigenvalue weighted by atomic mass is 9.95. The molecule has 1 N–H and O–H groups in total. The third-order valence-corrected chi connectivity index (χ3v) is 6.25. The Bertz CT molecular complexity index is 728. The summed E-state index contributed by atoms with van der Waals surface area (Å²) in [6.07, 6.45) is 0.410. The van der Waals surface area contributed by atoms with Crippen molar-refractivity contribution < 1.29 is 22.8 Å². The van der Waals surface area contributed by atoms with Gasteiger partial charge in [0.15, 0.2) is 0 Å². The van der Waals surface area contributed by atoms with Crippen molar-refractivity contribution >= 4 is 11.8 Å². The van der Waals surface area contributed by atoms with E-state index in [1.165, 1.54) is 31.4 Å². The van der Waals surface area contributed by atoms with E-state index in [0.29, 0.717) is 38.5 Å². The highest BCUT2D eigenvalue weighted by atomic mass is 19.4. The fourth-order valence-electron chi connectivity index (χ4n) is 4.29. The van der Waals surface area contributed by atoms with Crippen molar-refractivity contribution in [3.05, 3.63) is 35.4 Å². The van der Waals surface area contributed by atoms with E-state index < -0.39 is 11.7 Å². The van der Waals surface area contributed by atoms with Crippen LogP contribution < -0.4 is 5.32 Å². The standard InChI is InChI=1S/C22H30F3N3O2/c1-16-4-2-3-12-27(16)15-11-26-20(29)17-9-13-28(14-10-17)21(30)18-5-7-19(8-6-18)22(23,24)25/h5-8,16-17H,2-4,9-15H2,1H3,(H,26,29). The van der Waals surface area contributed by atoms with Gasteiger partial charge in [0, 0.05) is 43.7 Å². The number of hydrogen-bond donors (Lipinski definition) is 1.